The van der Waals surface area contributed by atoms with Gasteiger partial charge >= 0.3 is 0 Å². The van der Waals surface area contributed by atoms with Gasteiger partial charge in [-0.1, -0.05) is 0 Å². The number of azide groups is 1. The van der Waals surface area contributed by atoms with Gasteiger partial charge in [0.1, 0.15) is 0 Å². The van der Waals surface area contributed by atoms with Gasteiger partial charge in [-0.2, -0.15) is 0 Å². The molecule has 0 saturated heterocycles. The number of carbonyl (C=O) groups is 1. The van der Waals surface area contributed by atoms with E-state index in [1.807, 2.05) is 17.5 Å². The van der Waals surface area contributed by atoms with Crippen LogP contribution in [-0.2, 0) is 0 Å². The van der Waals surface area contributed by atoms with Gasteiger partial charge in [0.2, 0.25) is 5.91 Å². The third-order valence-corrected chi connectivity index (χ3v) is 2.73. The number of benzene rings is 1. The van der Waals surface area contributed by atoms with Crippen molar-refractivity contribution >= 4 is 27.3 Å². The van der Waals surface area contributed by atoms with E-state index in [1.165, 1.54) is 0 Å². The van der Waals surface area contributed by atoms with Crippen LogP contribution in [0.25, 0.3) is 20.5 Å². The smallest absolute Gasteiger partial charge is 0.249 e. The van der Waals surface area contributed by atoms with Crippen LogP contribution in [0.15, 0.2) is 34.8 Å². The van der Waals surface area contributed by atoms with Crippen molar-refractivity contribution in [2.75, 3.05) is 0 Å². The highest BCUT2D eigenvalue weighted by Crippen LogP contribution is 2.21. The fourth-order valence-corrected chi connectivity index (χ4v) is 1.97. The lowest BCUT2D eigenvalue weighted by atomic mass is 10.1. The summed E-state index contributed by atoms with van der Waals surface area (Å²) in [6.07, 6.45) is 0. The van der Waals surface area contributed by atoms with E-state index in [4.69, 9.17) is 5.53 Å². The zero-order valence-electron chi connectivity index (χ0n) is 7.04. The minimum Gasteiger partial charge on any atom is -0.287 e. The second kappa shape index (κ2) is 3.49. The number of carbonyl (C=O) groups excluding carboxylic acids is 1. The van der Waals surface area contributed by atoms with Gasteiger partial charge in [-0.3, -0.25) is 4.79 Å². The summed E-state index contributed by atoms with van der Waals surface area (Å²) in [5.74, 6) is -0.541. The van der Waals surface area contributed by atoms with Crippen LogP contribution in [0.1, 0.15) is 10.4 Å². The quantitative estimate of drug-likeness (QED) is 0.398. The van der Waals surface area contributed by atoms with Crippen LogP contribution in [0.3, 0.4) is 0 Å². The minimum atomic E-state index is -0.541. The third kappa shape index (κ3) is 1.46. The van der Waals surface area contributed by atoms with Crippen molar-refractivity contribution in [1.82, 2.24) is 0 Å². The van der Waals surface area contributed by atoms with E-state index < -0.39 is 5.91 Å². The van der Waals surface area contributed by atoms with E-state index in [1.54, 1.807) is 23.5 Å². The first-order chi connectivity index (χ1) is 6.81. The van der Waals surface area contributed by atoms with E-state index in [0.717, 1.165) is 10.1 Å². The Balaban J connectivity index is 2.53. The molecular formula is C9H5N3OS. The van der Waals surface area contributed by atoms with E-state index in [9.17, 15) is 4.79 Å². The SMILES string of the molecule is [N-]=[N+]=NC(=O)c1ccc2sccc2c1. The Labute approximate surface area is 83.4 Å². The van der Waals surface area contributed by atoms with Gasteiger partial charge in [0, 0.05) is 15.2 Å². The van der Waals surface area contributed by atoms with Crippen LogP contribution in [0.2, 0.25) is 0 Å². The molecule has 1 heterocycles. The molecule has 0 N–H and O–H groups in total. The Hall–Kier alpha value is -1.84. The molecule has 0 spiro atoms. The average Bonchev–Trinajstić information content (AvgIpc) is 2.64. The lowest BCUT2D eigenvalue weighted by Gasteiger charge is -1.94. The van der Waals surface area contributed by atoms with Gasteiger partial charge in [0.05, 0.1) is 0 Å². The molecular weight excluding hydrogens is 198 g/mol. The van der Waals surface area contributed by atoms with Crippen LogP contribution in [0.5, 0.6) is 0 Å². The van der Waals surface area contributed by atoms with Crippen LogP contribution in [0, 0.1) is 0 Å². The van der Waals surface area contributed by atoms with E-state index in [-0.39, 0.29) is 0 Å². The maximum Gasteiger partial charge on any atom is 0.249 e. The van der Waals surface area contributed by atoms with Crippen molar-refractivity contribution in [3.05, 3.63) is 45.7 Å². The predicted molar refractivity (Wildman–Crippen MR) is 55.3 cm³/mol. The molecule has 1 amide bonds. The fraction of sp³-hybridized carbons (Fsp3) is 0. The van der Waals surface area contributed by atoms with Crippen LogP contribution in [0.4, 0.5) is 0 Å². The zero-order valence-corrected chi connectivity index (χ0v) is 7.86. The van der Waals surface area contributed by atoms with Crippen molar-refractivity contribution in [3.8, 4) is 0 Å². The summed E-state index contributed by atoms with van der Waals surface area (Å²) in [5, 5.41) is 5.98. The molecule has 14 heavy (non-hydrogen) atoms. The summed E-state index contributed by atoms with van der Waals surface area (Å²) < 4.78 is 1.11. The Morgan fingerprint density at radius 1 is 1.43 bits per heavy atom. The molecule has 0 atom stereocenters. The predicted octanol–water partition coefficient (Wildman–Crippen LogP) is 3.35. The highest BCUT2D eigenvalue weighted by molar-refractivity contribution is 7.17. The Morgan fingerprint density at radius 2 is 2.29 bits per heavy atom. The largest absolute Gasteiger partial charge is 0.287 e. The first kappa shape index (κ1) is 8.74. The summed E-state index contributed by atoms with van der Waals surface area (Å²) in [5.41, 5.74) is 8.54. The molecule has 0 aliphatic rings. The molecule has 1 aromatic carbocycles. The molecule has 0 saturated carbocycles. The first-order valence-corrected chi connectivity index (χ1v) is 4.76. The minimum absolute atomic E-state index is 0.425. The number of thiophene rings is 1. The van der Waals surface area contributed by atoms with Gasteiger partial charge in [-0.25, -0.2) is 0 Å². The third-order valence-electron chi connectivity index (χ3n) is 1.83. The average molecular weight is 203 g/mol. The summed E-state index contributed by atoms with van der Waals surface area (Å²) in [4.78, 5) is 13.7. The molecule has 5 heteroatoms. The number of hydrogen-bond donors (Lipinski definition) is 0. The summed E-state index contributed by atoms with van der Waals surface area (Å²) in [6, 6.07) is 7.16. The molecule has 0 unspecified atom stereocenters. The second-order valence-electron chi connectivity index (χ2n) is 2.67. The zero-order chi connectivity index (χ0) is 9.97. The van der Waals surface area contributed by atoms with E-state index in [2.05, 4.69) is 10.0 Å². The van der Waals surface area contributed by atoms with Gasteiger partial charge in [0.15, 0.2) is 0 Å². The van der Waals surface area contributed by atoms with Crippen LogP contribution < -0.4 is 0 Å². The monoisotopic (exact) mass is 203 g/mol. The lowest BCUT2D eigenvalue weighted by molar-refractivity contribution is 0.100. The van der Waals surface area contributed by atoms with Crippen LogP contribution >= 0.6 is 11.3 Å². The molecule has 4 nitrogen and oxygen atoms in total. The van der Waals surface area contributed by atoms with E-state index in [0.29, 0.717) is 5.56 Å². The summed E-state index contributed by atoms with van der Waals surface area (Å²) in [7, 11) is 0. The van der Waals surface area contributed by atoms with Gasteiger partial charge in [-0.05, 0) is 45.7 Å². The molecule has 0 aliphatic carbocycles. The Morgan fingerprint density at radius 3 is 3.07 bits per heavy atom. The normalized spacial score (nSPS) is 9.71. The maximum atomic E-state index is 11.2. The van der Waals surface area contributed by atoms with Crippen molar-refractivity contribution in [2.45, 2.75) is 0 Å². The number of amides is 1. The van der Waals surface area contributed by atoms with E-state index >= 15 is 0 Å². The molecule has 2 rings (SSSR count). The standard InChI is InChI=1S/C9H5N3OS/c10-12-11-9(13)7-1-2-8-6(5-7)3-4-14-8/h1-5H. The van der Waals surface area contributed by atoms with Crippen molar-refractivity contribution in [2.24, 2.45) is 5.11 Å². The number of hydrogen-bond acceptors (Lipinski definition) is 2. The summed E-state index contributed by atoms with van der Waals surface area (Å²) in [6.45, 7) is 0. The highest BCUT2D eigenvalue weighted by atomic mass is 32.1. The fourth-order valence-electron chi connectivity index (χ4n) is 1.20. The van der Waals surface area contributed by atoms with Gasteiger partial charge < -0.3 is 0 Å². The molecule has 68 valence electrons. The molecule has 0 aliphatic heterocycles. The van der Waals surface area contributed by atoms with Crippen LogP contribution in [-0.4, -0.2) is 5.91 Å². The highest BCUT2D eigenvalue weighted by Gasteiger charge is 2.03. The summed E-state index contributed by atoms with van der Waals surface area (Å²) >= 11 is 1.61. The molecule has 0 radical (unpaired) electrons. The number of nitrogens with zero attached hydrogens (tertiary/aromatic N) is 3. The topological polar surface area (TPSA) is 65.8 Å². The number of fused-ring (bicyclic) bond motifs is 1. The van der Waals surface area contributed by atoms with Crippen molar-refractivity contribution in [1.29, 1.82) is 0 Å². The maximum absolute atomic E-state index is 11.2. The molecule has 0 bridgehead atoms. The lowest BCUT2D eigenvalue weighted by Crippen LogP contribution is -1.91. The first-order valence-electron chi connectivity index (χ1n) is 3.88. The molecule has 0 fully saturated rings. The molecule has 1 aromatic heterocycles. The number of rotatable bonds is 1. The van der Waals surface area contributed by atoms with Gasteiger partial charge in [0.25, 0.3) is 0 Å². The van der Waals surface area contributed by atoms with Gasteiger partial charge in [-0.15, -0.1) is 11.3 Å². The Bertz CT molecular complexity index is 540. The van der Waals surface area contributed by atoms with Crippen molar-refractivity contribution < 1.29 is 4.79 Å². The van der Waals surface area contributed by atoms with Crippen molar-refractivity contribution in [3.63, 3.8) is 0 Å². The second-order valence-corrected chi connectivity index (χ2v) is 3.62. The Kier molecular flexibility index (Phi) is 2.18. The molecule has 2 aromatic rings.